The number of hydrogen-bond acceptors (Lipinski definition) is 4. The Morgan fingerprint density at radius 3 is 2.55 bits per heavy atom. The molecule has 0 spiro atoms. The van der Waals surface area contributed by atoms with E-state index in [2.05, 4.69) is 0 Å². The summed E-state index contributed by atoms with van der Waals surface area (Å²) < 4.78 is 18.0. The SMILES string of the molecule is Nc1cc(F)cc(C(=O)OCC(=O)N2CCCCC2)c1. The predicted octanol–water partition coefficient (Wildman–Crippen LogP) is 1.58. The quantitative estimate of drug-likeness (QED) is 0.674. The molecule has 6 heteroatoms. The van der Waals surface area contributed by atoms with E-state index in [1.807, 2.05) is 0 Å². The van der Waals surface area contributed by atoms with Crippen molar-refractivity contribution < 1.29 is 18.7 Å². The van der Waals surface area contributed by atoms with E-state index >= 15 is 0 Å². The lowest BCUT2D eigenvalue weighted by Crippen LogP contribution is -2.38. The third-order valence-electron chi connectivity index (χ3n) is 3.19. The monoisotopic (exact) mass is 280 g/mol. The van der Waals surface area contributed by atoms with Gasteiger partial charge in [-0.15, -0.1) is 0 Å². The molecule has 1 aliphatic rings. The summed E-state index contributed by atoms with van der Waals surface area (Å²) >= 11 is 0. The summed E-state index contributed by atoms with van der Waals surface area (Å²) in [7, 11) is 0. The zero-order chi connectivity index (χ0) is 14.5. The molecule has 0 bridgehead atoms. The van der Waals surface area contributed by atoms with Gasteiger partial charge in [0.25, 0.3) is 5.91 Å². The van der Waals surface area contributed by atoms with E-state index < -0.39 is 11.8 Å². The standard InChI is InChI=1S/C14H17FN2O3/c15-11-6-10(7-12(16)8-11)14(19)20-9-13(18)17-4-2-1-3-5-17/h6-8H,1-5,9,16H2. The molecule has 1 amide bonds. The summed E-state index contributed by atoms with van der Waals surface area (Å²) in [5.74, 6) is -1.58. The maximum absolute atomic E-state index is 13.1. The van der Waals surface area contributed by atoms with E-state index in [4.69, 9.17) is 10.5 Å². The highest BCUT2D eigenvalue weighted by Gasteiger charge is 2.18. The highest BCUT2D eigenvalue weighted by atomic mass is 19.1. The number of carbonyl (C=O) groups excluding carboxylic acids is 2. The fourth-order valence-corrected chi connectivity index (χ4v) is 2.18. The van der Waals surface area contributed by atoms with Crippen LogP contribution in [0, 0.1) is 5.82 Å². The minimum absolute atomic E-state index is 0.00828. The zero-order valence-electron chi connectivity index (χ0n) is 11.1. The number of carbonyl (C=O) groups is 2. The molecule has 1 aromatic carbocycles. The molecule has 1 aliphatic heterocycles. The Kier molecular flexibility index (Phi) is 4.55. The molecule has 0 aromatic heterocycles. The van der Waals surface area contributed by atoms with E-state index in [0.29, 0.717) is 13.1 Å². The van der Waals surface area contributed by atoms with Crippen LogP contribution in [0.25, 0.3) is 0 Å². The maximum atomic E-state index is 13.1. The van der Waals surface area contributed by atoms with E-state index in [9.17, 15) is 14.0 Å². The summed E-state index contributed by atoms with van der Waals surface area (Å²) in [4.78, 5) is 25.2. The van der Waals surface area contributed by atoms with Crippen molar-refractivity contribution in [2.45, 2.75) is 19.3 Å². The third kappa shape index (κ3) is 3.69. The topological polar surface area (TPSA) is 72.6 Å². The molecule has 0 radical (unpaired) electrons. The van der Waals surface area contributed by atoms with Gasteiger partial charge < -0.3 is 15.4 Å². The van der Waals surface area contributed by atoms with Gasteiger partial charge in [-0.2, -0.15) is 0 Å². The number of amides is 1. The van der Waals surface area contributed by atoms with Gasteiger partial charge in [0, 0.05) is 18.8 Å². The van der Waals surface area contributed by atoms with Crippen LogP contribution in [0.1, 0.15) is 29.6 Å². The molecule has 1 fully saturated rings. The smallest absolute Gasteiger partial charge is 0.338 e. The molecule has 2 N–H and O–H groups in total. The highest BCUT2D eigenvalue weighted by molar-refractivity contribution is 5.92. The van der Waals surface area contributed by atoms with Crippen LogP contribution in [0.3, 0.4) is 0 Å². The van der Waals surface area contributed by atoms with E-state index in [0.717, 1.165) is 31.4 Å². The number of nitrogens with two attached hydrogens (primary N) is 1. The Labute approximate surface area is 116 Å². The van der Waals surface area contributed by atoms with Gasteiger partial charge in [-0.05, 0) is 37.5 Å². The lowest BCUT2D eigenvalue weighted by Gasteiger charge is -2.26. The lowest BCUT2D eigenvalue weighted by molar-refractivity contribution is -0.135. The second kappa shape index (κ2) is 6.36. The average molecular weight is 280 g/mol. The molecular formula is C14H17FN2O3. The molecule has 5 nitrogen and oxygen atoms in total. The van der Waals surface area contributed by atoms with Crippen molar-refractivity contribution in [2.24, 2.45) is 0 Å². The van der Waals surface area contributed by atoms with Crippen LogP contribution in [-0.2, 0) is 9.53 Å². The number of likely N-dealkylation sites (tertiary alicyclic amines) is 1. The molecule has 1 aromatic rings. The summed E-state index contributed by atoms with van der Waals surface area (Å²) in [6, 6.07) is 3.45. The number of ether oxygens (including phenoxy) is 1. The van der Waals surface area contributed by atoms with Crippen molar-refractivity contribution >= 4 is 17.6 Å². The van der Waals surface area contributed by atoms with E-state index in [1.165, 1.54) is 6.07 Å². The normalized spacial score (nSPS) is 14.9. The van der Waals surface area contributed by atoms with Crippen molar-refractivity contribution in [1.82, 2.24) is 4.90 Å². The number of rotatable bonds is 3. The van der Waals surface area contributed by atoms with Gasteiger partial charge in [0.2, 0.25) is 0 Å². The Bertz CT molecular complexity index is 493. The lowest BCUT2D eigenvalue weighted by atomic mass is 10.1. The largest absolute Gasteiger partial charge is 0.452 e. The van der Waals surface area contributed by atoms with Crippen molar-refractivity contribution in [2.75, 3.05) is 25.4 Å². The third-order valence-corrected chi connectivity index (χ3v) is 3.19. The van der Waals surface area contributed by atoms with Crippen molar-refractivity contribution in [1.29, 1.82) is 0 Å². The molecule has 0 unspecified atom stereocenters. The summed E-state index contributed by atoms with van der Waals surface area (Å²) in [6.45, 7) is 1.07. The van der Waals surface area contributed by atoms with E-state index in [1.54, 1.807) is 4.90 Å². The summed E-state index contributed by atoms with van der Waals surface area (Å²) in [5.41, 5.74) is 5.59. The van der Waals surface area contributed by atoms with Gasteiger partial charge in [0.1, 0.15) is 5.82 Å². The van der Waals surface area contributed by atoms with Gasteiger partial charge in [-0.1, -0.05) is 0 Å². The Morgan fingerprint density at radius 1 is 1.20 bits per heavy atom. The van der Waals surface area contributed by atoms with Crippen LogP contribution >= 0.6 is 0 Å². The van der Waals surface area contributed by atoms with Crippen LogP contribution in [0.4, 0.5) is 10.1 Å². The van der Waals surface area contributed by atoms with Crippen molar-refractivity contribution in [3.63, 3.8) is 0 Å². The highest BCUT2D eigenvalue weighted by Crippen LogP contribution is 2.12. The van der Waals surface area contributed by atoms with Crippen LogP contribution in [0.5, 0.6) is 0 Å². The number of benzene rings is 1. The summed E-state index contributed by atoms with van der Waals surface area (Å²) in [6.07, 6.45) is 3.06. The molecule has 0 aliphatic carbocycles. The van der Waals surface area contributed by atoms with Crippen LogP contribution in [-0.4, -0.2) is 36.5 Å². The number of nitrogen functional groups attached to an aromatic ring is 1. The molecule has 1 saturated heterocycles. The average Bonchev–Trinajstić information content (AvgIpc) is 2.44. The first-order chi connectivity index (χ1) is 9.56. The second-order valence-corrected chi connectivity index (χ2v) is 4.79. The number of hydrogen-bond donors (Lipinski definition) is 1. The first-order valence-corrected chi connectivity index (χ1v) is 6.57. The molecule has 1 heterocycles. The van der Waals surface area contributed by atoms with Crippen molar-refractivity contribution in [3.8, 4) is 0 Å². The van der Waals surface area contributed by atoms with Gasteiger partial charge in [-0.25, -0.2) is 9.18 Å². The maximum Gasteiger partial charge on any atom is 0.338 e. The molecule has 0 atom stereocenters. The number of esters is 1. The molecule has 108 valence electrons. The van der Waals surface area contributed by atoms with Gasteiger partial charge in [-0.3, -0.25) is 4.79 Å². The number of halogens is 1. The van der Waals surface area contributed by atoms with Crippen molar-refractivity contribution in [3.05, 3.63) is 29.6 Å². The Balaban J connectivity index is 1.89. The van der Waals surface area contributed by atoms with Gasteiger partial charge in [0.15, 0.2) is 6.61 Å². The Morgan fingerprint density at radius 2 is 1.90 bits per heavy atom. The van der Waals surface area contributed by atoms with Gasteiger partial charge in [0.05, 0.1) is 5.56 Å². The van der Waals surface area contributed by atoms with Gasteiger partial charge >= 0.3 is 5.97 Å². The zero-order valence-corrected chi connectivity index (χ0v) is 11.1. The predicted molar refractivity (Wildman–Crippen MR) is 71.5 cm³/mol. The van der Waals surface area contributed by atoms with Crippen LogP contribution in [0.15, 0.2) is 18.2 Å². The minimum atomic E-state index is -0.749. The van der Waals surface area contributed by atoms with Crippen LogP contribution in [0.2, 0.25) is 0 Å². The molecular weight excluding hydrogens is 263 g/mol. The summed E-state index contributed by atoms with van der Waals surface area (Å²) in [5, 5.41) is 0. The van der Waals surface area contributed by atoms with E-state index in [-0.39, 0.29) is 23.8 Å². The number of nitrogens with zero attached hydrogens (tertiary/aromatic N) is 1. The molecule has 2 rings (SSSR count). The Hall–Kier alpha value is -2.11. The first kappa shape index (κ1) is 14.3. The first-order valence-electron chi connectivity index (χ1n) is 6.57. The molecule has 0 saturated carbocycles. The number of piperidine rings is 1. The fourth-order valence-electron chi connectivity index (χ4n) is 2.18. The molecule has 20 heavy (non-hydrogen) atoms. The minimum Gasteiger partial charge on any atom is -0.452 e. The second-order valence-electron chi connectivity index (χ2n) is 4.79. The van der Waals surface area contributed by atoms with Crippen LogP contribution < -0.4 is 5.73 Å². The fraction of sp³-hybridized carbons (Fsp3) is 0.429. The number of anilines is 1.